The molecule has 2 aliphatic rings. The maximum absolute atomic E-state index is 13.1. The van der Waals surface area contributed by atoms with Crippen LogP contribution in [0.15, 0.2) is 53.4 Å². The summed E-state index contributed by atoms with van der Waals surface area (Å²) >= 11 is 1.38. The number of hydrogen-bond acceptors (Lipinski definition) is 5. The first-order chi connectivity index (χ1) is 13.6. The molecule has 144 valence electrons. The van der Waals surface area contributed by atoms with E-state index >= 15 is 0 Å². The number of amides is 3. The fourth-order valence-electron chi connectivity index (χ4n) is 3.26. The molecule has 3 amide bonds. The van der Waals surface area contributed by atoms with Crippen LogP contribution < -0.4 is 20.3 Å². The number of thioether (sulfide) groups is 1. The quantitative estimate of drug-likeness (QED) is 0.828. The summed E-state index contributed by atoms with van der Waals surface area (Å²) in [4.78, 5) is 40.1. The van der Waals surface area contributed by atoms with Crippen molar-refractivity contribution in [1.29, 1.82) is 0 Å². The number of carbonyl (C=O) groups excluding carboxylic acids is 3. The minimum absolute atomic E-state index is 0.0274. The number of fused-ring (bicyclic) bond motifs is 2. The number of ether oxygens (including phenoxy) is 1. The Kier molecular flexibility index (Phi) is 4.95. The normalized spacial score (nSPS) is 20.3. The molecule has 0 aliphatic carbocycles. The zero-order valence-electron chi connectivity index (χ0n) is 15.2. The molecule has 0 spiro atoms. The number of rotatable bonds is 3. The topological polar surface area (TPSA) is 87.7 Å². The van der Waals surface area contributed by atoms with E-state index < -0.39 is 11.4 Å². The molecule has 2 aliphatic heterocycles. The van der Waals surface area contributed by atoms with E-state index in [-0.39, 0.29) is 30.7 Å². The summed E-state index contributed by atoms with van der Waals surface area (Å²) in [5.74, 6) is -0.245. The minimum Gasteiger partial charge on any atom is -0.477 e. The predicted molar refractivity (Wildman–Crippen MR) is 107 cm³/mol. The van der Waals surface area contributed by atoms with E-state index in [9.17, 15) is 14.4 Å². The van der Waals surface area contributed by atoms with E-state index in [0.29, 0.717) is 11.4 Å². The van der Waals surface area contributed by atoms with Crippen LogP contribution in [-0.4, -0.2) is 42.7 Å². The number of anilines is 2. The van der Waals surface area contributed by atoms with Gasteiger partial charge in [0.25, 0.3) is 5.91 Å². The Balaban J connectivity index is 1.55. The smallest absolute Gasteiger partial charge is 0.262 e. The largest absolute Gasteiger partial charge is 0.477 e. The van der Waals surface area contributed by atoms with Crippen LogP contribution in [-0.2, 0) is 14.4 Å². The highest BCUT2D eigenvalue weighted by Gasteiger charge is 2.36. The zero-order chi connectivity index (χ0) is 19.7. The second kappa shape index (κ2) is 7.55. The minimum atomic E-state index is -0.794. The number of para-hydroxylation sites is 3. The van der Waals surface area contributed by atoms with Crippen LogP contribution in [0.2, 0.25) is 0 Å². The summed E-state index contributed by atoms with van der Waals surface area (Å²) in [6.45, 7) is 0.102. The number of carbonyl (C=O) groups is 3. The first kappa shape index (κ1) is 18.4. The third-order valence-electron chi connectivity index (χ3n) is 4.68. The van der Waals surface area contributed by atoms with Gasteiger partial charge in [0.05, 0.1) is 23.2 Å². The maximum Gasteiger partial charge on any atom is 0.262 e. The maximum atomic E-state index is 13.1. The van der Waals surface area contributed by atoms with Crippen LogP contribution in [0.3, 0.4) is 0 Å². The van der Waals surface area contributed by atoms with Gasteiger partial charge in [0, 0.05) is 18.4 Å². The molecule has 8 heteroatoms. The Morgan fingerprint density at radius 1 is 1.21 bits per heavy atom. The lowest BCUT2D eigenvalue weighted by atomic mass is 10.1. The van der Waals surface area contributed by atoms with Crippen molar-refractivity contribution >= 4 is 40.9 Å². The van der Waals surface area contributed by atoms with Crippen molar-refractivity contribution in [1.82, 2.24) is 5.32 Å². The van der Waals surface area contributed by atoms with E-state index in [1.807, 2.05) is 24.3 Å². The van der Waals surface area contributed by atoms with Crippen molar-refractivity contribution < 1.29 is 19.1 Å². The van der Waals surface area contributed by atoms with E-state index in [4.69, 9.17) is 4.74 Å². The molecule has 2 aromatic rings. The highest BCUT2D eigenvalue weighted by Crippen LogP contribution is 2.38. The van der Waals surface area contributed by atoms with Gasteiger partial charge >= 0.3 is 0 Å². The fraction of sp³-hybridized carbons (Fsp3) is 0.250. The molecule has 0 saturated carbocycles. The number of nitrogens with zero attached hydrogens (tertiary/aromatic N) is 1. The van der Waals surface area contributed by atoms with Crippen molar-refractivity contribution in [3.8, 4) is 5.75 Å². The summed E-state index contributed by atoms with van der Waals surface area (Å²) in [5.41, 5.74) is 1.37. The van der Waals surface area contributed by atoms with Gasteiger partial charge in [-0.1, -0.05) is 24.3 Å². The average molecular weight is 397 g/mol. The van der Waals surface area contributed by atoms with Crippen LogP contribution in [0, 0.1) is 0 Å². The highest BCUT2D eigenvalue weighted by molar-refractivity contribution is 8.01. The van der Waals surface area contributed by atoms with E-state index in [1.54, 1.807) is 24.3 Å². The monoisotopic (exact) mass is 397 g/mol. The van der Waals surface area contributed by atoms with Crippen LogP contribution in [0.5, 0.6) is 5.75 Å². The Morgan fingerprint density at radius 2 is 1.96 bits per heavy atom. The standard InChI is InChI=1S/C20H19N3O4S/c1-21-19(25)15-11-23(13-7-3-4-8-14(13)27-15)18(24)10-17-20(26)22-12-6-2-5-9-16(12)28-17/h2-9,15,17H,10-11H2,1H3,(H,21,25)(H,22,26)/t15-,17+/m0/s1. The molecule has 28 heavy (non-hydrogen) atoms. The summed E-state index contributed by atoms with van der Waals surface area (Å²) in [5, 5.41) is 4.88. The van der Waals surface area contributed by atoms with Gasteiger partial charge in [-0.2, -0.15) is 0 Å². The Morgan fingerprint density at radius 3 is 2.79 bits per heavy atom. The van der Waals surface area contributed by atoms with Crippen LogP contribution in [0.25, 0.3) is 0 Å². The SMILES string of the molecule is CNC(=O)[C@@H]1CN(C(=O)C[C@H]2Sc3ccccc3NC2=O)c2ccccc2O1. The molecule has 0 unspecified atom stereocenters. The predicted octanol–water partition coefficient (Wildman–Crippen LogP) is 2.03. The van der Waals surface area contributed by atoms with Crippen molar-refractivity contribution in [3.05, 3.63) is 48.5 Å². The number of nitrogens with one attached hydrogen (secondary N) is 2. The molecule has 2 heterocycles. The summed E-state index contributed by atoms with van der Waals surface area (Å²) < 4.78 is 5.73. The molecule has 2 atom stereocenters. The third-order valence-corrected chi connectivity index (χ3v) is 5.96. The molecule has 0 aromatic heterocycles. The Labute approximate surface area is 166 Å². The van der Waals surface area contributed by atoms with Crippen LogP contribution >= 0.6 is 11.8 Å². The van der Waals surface area contributed by atoms with Crippen LogP contribution in [0.4, 0.5) is 11.4 Å². The van der Waals surface area contributed by atoms with E-state index in [2.05, 4.69) is 10.6 Å². The summed E-state index contributed by atoms with van der Waals surface area (Å²) in [7, 11) is 1.53. The molecule has 0 radical (unpaired) electrons. The second-order valence-corrected chi connectivity index (χ2v) is 7.73. The van der Waals surface area contributed by atoms with Crippen molar-refractivity contribution in [2.45, 2.75) is 22.7 Å². The highest BCUT2D eigenvalue weighted by atomic mass is 32.2. The number of likely N-dealkylation sites (N-methyl/N-ethyl adjacent to an activating group) is 1. The van der Waals surface area contributed by atoms with Gasteiger partial charge in [0.15, 0.2) is 6.10 Å². The van der Waals surface area contributed by atoms with Gasteiger partial charge in [0.2, 0.25) is 11.8 Å². The first-order valence-corrected chi connectivity index (χ1v) is 9.79. The summed E-state index contributed by atoms with van der Waals surface area (Å²) in [6.07, 6.45) is -0.767. The van der Waals surface area contributed by atoms with E-state index in [1.165, 1.54) is 23.7 Å². The van der Waals surface area contributed by atoms with Gasteiger partial charge in [-0.05, 0) is 24.3 Å². The molecular weight excluding hydrogens is 378 g/mol. The molecule has 7 nitrogen and oxygen atoms in total. The molecular formula is C20H19N3O4S. The van der Waals surface area contributed by atoms with Crippen molar-refractivity contribution in [2.75, 3.05) is 23.8 Å². The molecule has 2 aromatic carbocycles. The number of benzene rings is 2. The first-order valence-electron chi connectivity index (χ1n) is 8.91. The average Bonchev–Trinajstić information content (AvgIpc) is 2.72. The van der Waals surface area contributed by atoms with Crippen LogP contribution in [0.1, 0.15) is 6.42 Å². The lowest BCUT2D eigenvalue weighted by Gasteiger charge is -2.35. The molecule has 0 bridgehead atoms. The number of hydrogen-bond donors (Lipinski definition) is 2. The zero-order valence-corrected chi connectivity index (χ0v) is 16.0. The van der Waals surface area contributed by atoms with Crippen molar-refractivity contribution in [3.63, 3.8) is 0 Å². The van der Waals surface area contributed by atoms with Crippen molar-refractivity contribution in [2.24, 2.45) is 0 Å². The molecule has 2 N–H and O–H groups in total. The molecule has 4 rings (SSSR count). The second-order valence-electron chi connectivity index (χ2n) is 6.49. The molecule has 0 fully saturated rings. The third kappa shape index (κ3) is 3.43. The van der Waals surface area contributed by atoms with Gasteiger partial charge in [-0.25, -0.2) is 0 Å². The van der Waals surface area contributed by atoms with Gasteiger partial charge in [0.1, 0.15) is 5.75 Å². The lowest BCUT2D eigenvalue weighted by Crippen LogP contribution is -2.50. The lowest BCUT2D eigenvalue weighted by molar-refractivity contribution is -0.128. The van der Waals surface area contributed by atoms with E-state index in [0.717, 1.165) is 10.6 Å². The van der Waals surface area contributed by atoms with Gasteiger partial charge < -0.3 is 20.3 Å². The fourth-order valence-corrected chi connectivity index (χ4v) is 4.37. The Bertz CT molecular complexity index is 949. The molecule has 0 saturated heterocycles. The van der Waals surface area contributed by atoms with Gasteiger partial charge in [-0.15, -0.1) is 11.8 Å². The Hall–Kier alpha value is -3.00. The summed E-state index contributed by atoms with van der Waals surface area (Å²) in [6, 6.07) is 14.6. The van der Waals surface area contributed by atoms with Gasteiger partial charge in [-0.3, -0.25) is 14.4 Å².